The van der Waals surface area contributed by atoms with Crippen molar-refractivity contribution in [1.82, 2.24) is 19.4 Å². The van der Waals surface area contributed by atoms with Crippen LogP contribution in [0, 0.1) is 6.92 Å². The van der Waals surface area contributed by atoms with Crippen LogP contribution < -0.4 is 9.80 Å². The summed E-state index contributed by atoms with van der Waals surface area (Å²) in [5, 5.41) is 0.842. The number of anilines is 2. The predicted octanol–water partition coefficient (Wildman–Crippen LogP) is 4.50. The fourth-order valence-electron chi connectivity index (χ4n) is 4.10. The Hall–Kier alpha value is -4.16. The molecule has 1 saturated heterocycles. The molecule has 13 heteroatoms. The van der Waals surface area contributed by atoms with Crippen LogP contribution in [0.1, 0.15) is 32.0 Å². The molecule has 4 heterocycles. The summed E-state index contributed by atoms with van der Waals surface area (Å²) in [5.74, 6) is -0.839. The molecular weight excluding hydrogens is 505 g/mol. The van der Waals surface area contributed by atoms with E-state index in [1.54, 1.807) is 50.7 Å². The molecule has 1 aliphatic heterocycles. The van der Waals surface area contributed by atoms with Gasteiger partial charge in [0.2, 0.25) is 0 Å². The van der Waals surface area contributed by atoms with Gasteiger partial charge in [0.25, 0.3) is 5.91 Å². The van der Waals surface area contributed by atoms with Gasteiger partial charge in [-0.2, -0.15) is 13.2 Å². The number of hydrogen-bond donors (Lipinski definition) is 0. The SMILES string of the molecule is Cc1cc(C(F)(F)F)cc(N2C(=O)N(C(=O)OC(C)(C)C)C[C@H]2C(=O)N(C)c2ccc3ccn(C)c3n2)n1. The summed E-state index contributed by atoms with van der Waals surface area (Å²) < 4.78 is 47.7. The van der Waals surface area contributed by atoms with Crippen LogP contribution in [0.3, 0.4) is 0 Å². The minimum Gasteiger partial charge on any atom is -0.443 e. The number of pyridine rings is 2. The monoisotopic (exact) mass is 532 g/mol. The van der Waals surface area contributed by atoms with Crippen molar-refractivity contribution in [3.8, 4) is 0 Å². The first-order valence-electron chi connectivity index (χ1n) is 11.7. The Morgan fingerprint density at radius 1 is 1.11 bits per heavy atom. The summed E-state index contributed by atoms with van der Waals surface area (Å²) in [6.45, 7) is 5.68. The number of carbonyl (C=O) groups excluding carboxylic acids is 3. The lowest BCUT2D eigenvalue weighted by Gasteiger charge is -2.26. The highest BCUT2D eigenvalue weighted by Crippen LogP contribution is 2.34. The molecule has 4 amide bonds. The predicted molar refractivity (Wildman–Crippen MR) is 133 cm³/mol. The molecule has 0 bridgehead atoms. The molecule has 0 radical (unpaired) electrons. The molecule has 10 nitrogen and oxygen atoms in total. The third-order valence-corrected chi connectivity index (χ3v) is 5.89. The van der Waals surface area contributed by atoms with Crippen molar-refractivity contribution in [2.45, 2.75) is 45.5 Å². The van der Waals surface area contributed by atoms with Gasteiger partial charge in [-0.15, -0.1) is 0 Å². The Morgan fingerprint density at radius 2 is 1.79 bits per heavy atom. The van der Waals surface area contributed by atoms with E-state index in [9.17, 15) is 27.6 Å². The van der Waals surface area contributed by atoms with Gasteiger partial charge in [0.15, 0.2) is 0 Å². The fraction of sp³-hybridized carbons (Fsp3) is 0.400. The van der Waals surface area contributed by atoms with Crippen LogP contribution in [0.15, 0.2) is 36.5 Å². The van der Waals surface area contributed by atoms with Gasteiger partial charge in [-0.05, 0) is 58.0 Å². The lowest BCUT2D eigenvalue weighted by molar-refractivity contribution is -0.137. The van der Waals surface area contributed by atoms with E-state index < -0.39 is 53.8 Å². The van der Waals surface area contributed by atoms with Crippen molar-refractivity contribution >= 4 is 40.7 Å². The molecule has 3 aromatic heterocycles. The smallest absolute Gasteiger partial charge is 0.418 e. The van der Waals surface area contributed by atoms with Gasteiger partial charge in [-0.1, -0.05) is 0 Å². The van der Waals surface area contributed by atoms with Crippen molar-refractivity contribution in [2.75, 3.05) is 23.4 Å². The second kappa shape index (κ2) is 9.30. The maximum absolute atomic E-state index is 13.7. The Bertz CT molecular complexity index is 1430. The number of aryl methyl sites for hydroxylation is 2. The molecule has 4 rings (SSSR count). The maximum Gasteiger partial charge on any atom is 0.418 e. The molecule has 38 heavy (non-hydrogen) atoms. The number of urea groups is 1. The fourth-order valence-corrected chi connectivity index (χ4v) is 4.10. The van der Waals surface area contributed by atoms with Crippen molar-refractivity contribution in [3.05, 3.63) is 47.8 Å². The van der Waals surface area contributed by atoms with E-state index in [-0.39, 0.29) is 11.5 Å². The molecule has 202 valence electrons. The quantitative estimate of drug-likeness (QED) is 0.492. The molecule has 0 aromatic carbocycles. The van der Waals surface area contributed by atoms with E-state index in [1.165, 1.54) is 18.9 Å². The molecule has 0 aliphatic carbocycles. The summed E-state index contributed by atoms with van der Waals surface area (Å²) in [6, 6.07) is 4.33. The molecule has 1 fully saturated rings. The Labute approximate surface area is 216 Å². The summed E-state index contributed by atoms with van der Waals surface area (Å²) in [5.41, 5.74) is -1.42. The van der Waals surface area contributed by atoms with Crippen LogP contribution in [-0.4, -0.2) is 62.7 Å². The summed E-state index contributed by atoms with van der Waals surface area (Å²) in [7, 11) is 3.22. The van der Waals surface area contributed by atoms with E-state index in [4.69, 9.17) is 4.74 Å². The van der Waals surface area contributed by atoms with Crippen LogP contribution in [0.4, 0.5) is 34.4 Å². The topological polar surface area (TPSA) is 101 Å². The Balaban J connectivity index is 1.76. The average molecular weight is 533 g/mol. The van der Waals surface area contributed by atoms with E-state index in [1.807, 2.05) is 6.07 Å². The molecule has 0 N–H and O–H groups in total. The van der Waals surface area contributed by atoms with Gasteiger partial charge in [-0.25, -0.2) is 24.5 Å². The standard InChI is InChI=1S/C25H27F3N6O4/c1-14-11-16(25(26,27)28)12-19(29-14)34-17(13-33(22(34)36)23(37)38-24(2,3)4)21(35)32(6)18-8-7-15-9-10-31(5)20(15)30-18/h7-12,17H,13H2,1-6H3/t17-/m0/s1. The number of imide groups is 1. The molecule has 3 aromatic rings. The van der Waals surface area contributed by atoms with Gasteiger partial charge in [0.05, 0.1) is 12.1 Å². The molecule has 1 atom stereocenters. The highest BCUT2D eigenvalue weighted by molar-refractivity contribution is 6.11. The third-order valence-electron chi connectivity index (χ3n) is 5.89. The summed E-state index contributed by atoms with van der Waals surface area (Å²) in [4.78, 5) is 51.2. The highest BCUT2D eigenvalue weighted by Gasteiger charge is 2.48. The van der Waals surface area contributed by atoms with Crippen LogP contribution in [-0.2, 0) is 22.8 Å². The van der Waals surface area contributed by atoms with Gasteiger partial charge in [0.1, 0.15) is 28.9 Å². The van der Waals surface area contributed by atoms with E-state index >= 15 is 0 Å². The normalized spacial score (nSPS) is 16.3. The zero-order valence-electron chi connectivity index (χ0n) is 21.7. The third kappa shape index (κ3) is 5.13. The number of alkyl halides is 3. The van der Waals surface area contributed by atoms with Gasteiger partial charge in [-0.3, -0.25) is 14.6 Å². The molecule has 0 spiro atoms. The largest absolute Gasteiger partial charge is 0.443 e. The number of nitrogens with zero attached hydrogens (tertiary/aromatic N) is 6. The van der Waals surface area contributed by atoms with E-state index in [0.29, 0.717) is 16.6 Å². The van der Waals surface area contributed by atoms with Gasteiger partial charge >= 0.3 is 18.3 Å². The zero-order valence-corrected chi connectivity index (χ0v) is 21.7. The van der Waals surface area contributed by atoms with Crippen molar-refractivity contribution < 1.29 is 32.3 Å². The number of amides is 4. The average Bonchev–Trinajstić information content (AvgIpc) is 3.35. The van der Waals surface area contributed by atoms with E-state index in [2.05, 4.69) is 9.97 Å². The second-order valence-corrected chi connectivity index (χ2v) is 10.0. The minimum atomic E-state index is -4.72. The Kier molecular flexibility index (Phi) is 6.58. The number of rotatable bonds is 3. The number of ether oxygens (including phenoxy) is 1. The second-order valence-electron chi connectivity index (χ2n) is 10.0. The van der Waals surface area contributed by atoms with Crippen LogP contribution in [0.2, 0.25) is 0 Å². The lowest BCUT2D eigenvalue weighted by atomic mass is 10.2. The van der Waals surface area contributed by atoms with Crippen molar-refractivity contribution in [1.29, 1.82) is 0 Å². The van der Waals surface area contributed by atoms with Crippen LogP contribution >= 0.6 is 0 Å². The van der Waals surface area contributed by atoms with Gasteiger partial charge < -0.3 is 9.30 Å². The highest BCUT2D eigenvalue weighted by atomic mass is 19.4. The summed E-state index contributed by atoms with van der Waals surface area (Å²) in [6.07, 6.45) is -3.95. The van der Waals surface area contributed by atoms with E-state index in [0.717, 1.165) is 16.4 Å². The number of halogens is 3. The first-order valence-corrected chi connectivity index (χ1v) is 11.7. The maximum atomic E-state index is 13.7. The molecular formula is C25H27F3N6O4. The molecule has 0 unspecified atom stereocenters. The lowest BCUT2D eigenvalue weighted by Crippen LogP contribution is -2.47. The van der Waals surface area contributed by atoms with Gasteiger partial charge in [0, 0.05) is 31.4 Å². The minimum absolute atomic E-state index is 0.0197. The Morgan fingerprint density at radius 3 is 2.42 bits per heavy atom. The molecule has 0 saturated carbocycles. The molecule has 1 aliphatic rings. The number of carbonyl (C=O) groups is 3. The number of fused-ring (bicyclic) bond motifs is 1. The van der Waals surface area contributed by atoms with Crippen LogP contribution in [0.25, 0.3) is 11.0 Å². The van der Waals surface area contributed by atoms with Crippen LogP contribution in [0.5, 0.6) is 0 Å². The number of hydrogen-bond acceptors (Lipinski definition) is 6. The number of likely N-dealkylation sites (N-methyl/N-ethyl adjacent to an activating group) is 1. The van der Waals surface area contributed by atoms with Crippen molar-refractivity contribution in [3.63, 3.8) is 0 Å². The first kappa shape index (κ1) is 26.9. The zero-order chi connectivity index (χ0) is 28.2. The van der Waals surface area contributed by atoms with Crippen molar-refractivity contribution in [2.24, 2.45) is 7.05 Å². The number of aromatic nitrogens is 3. The first-order chi connectivity index (χ1) is 17.6. The summed E-state index contributed by atoms with van der Waals surface area (Å²) >= 11 is 0.